The summed E-state index contributed by atoms with van der Waals surface area (Å²) in [7, 11) is 0. The van der Waals surface area contributed by atoms with E-state index in [0.717, 1.165) is 42.2 Å². The molecule has 2 aromatic rings. The maximum absolute atomic E-state index is 5.24. The van der Waals surface area contributed by atoms with Crippen molar-refractivity contribution in [3.8, 4) is 11.4 Å². The summed E-state index contributed by atoms with van der Waals surface area (Å²) in [5.74, 6) is 1.57. The Morgan fingerprint density at radius 1 is 1.29 bits per heavy atom. The van der Waals surface area contributed by atoms with Crippen LogP contribution in [0.3, 0.4) is 0 Å². The number of nitrogens with zero attached hydrogens (tertiary/aromatic N) is 2. The van der Waals surface area contributed by atoms with Crippen LogP contribution >= 0.6 is 0 Å². The zero-order valence-electron chi connectivity index (χ0n) is 10.2. The van der Waals surface area contributed by atoms with Gasteiger partial charge in [-0.25, -0.2) is 9.97 Å². The van der Waals surface area contributed by atoms with Gasteiger partial charge in [-0.05, 0) is 26.0 Å². The Morgan fingerprint density at radius 3 is 2.65 bits per heavy atom. The monoisotopic (exact) mass is 231 g/mol. The summed E-state index contributed by atoms with van der Waals surface area (Å²) in [6.07, 6.45) is 6.51. The Morgan fingerprint density at radius 2 is 2.06 bits per heavy atom. The van der Waals surface area contributed by atoms with E-state index in [0.29, 0.717) is 0 Å². The van der Waals surface area contributed by atoms with Crippen LogP contribution in [0.1, 0.15) is 24.7 Å². The molecule has 0 spiro atoms. The van der Waals surface area contributed by atoms with Crippen molar-refractivity contribution in [1.29, 1.82) is 0 Å². The number of nitrogens with one attached hydrogen (secondary N) is 1. The first-order valence-corrected chi connectivity index (χ1v) is 5.87. The summed E-state index contributed by atoms with van der Waals surface area (Å²) >= 11 is 0. The molecule has 0 aliphatic carbocycles. The molecule has 17 heavy (non-hydrogen) atoms. The van der Waals surface area contributed by atoms with E-state index in [4.69, 9.17) is 4.42 Å². The molecule has 0 fully saturated rings. The van der Waals surface area contributed by atoms with Gasteiger partial charge in [0.15, 0.2) is 5.82 Å². The summed E-state index contributed by atoms with van der Waals surface area (Å²) in [5.41, 5.74) is 2.06. The average molecular weight is 231 g/mol. The SMILES string of the molecule is CCCNCc1cnc(-c2ccoc2C)nc1. The van der Waals surface area contributed by atoms with E-state index in [1.807, 2.05) is 25.4 Å². The lowest BCUT2D eigenvalue weighted by atomic mass is 10.2. The lowest BCUT2D eigenvalue weighted by Gasteiger charge is -2.03. The molecule has 1 N–H and O–H groups in total. The second kappa shape index (κ2) is 5.59. The fraction of sp³-hybridized carbons (Fsp3) is 0.385. The van der Waals surface area contributed by atoms with E-state index in [-0.39, 0.29) is 0 Å². The molecule has 0 aromatic carbocycles. The van der Waals surface area contributed by atoms with Gasteiger partial charge in [0, 0.05) is 24.5 Å². The third-order valence-corrected chi connectivity index (χ3v) is 2.56. The first kappa shape index (κ1) is 11.8. The van der Waals surface area contributed by atoms with Gasteiger partial charge in [0.05, 0.1) is 11.8 Å². The highest BCUT2D eigenvalue weighted by Crippen LogP contribution is 2.19. The number of furan rings is 1. The van der Waals surface area contributed by atoms with E-state index in [9.17, 15) is 0 Å². The minimum absolute atomic E-state index is 0.718. The van der Waals surface area contributed by atoms with Crippen molar-refractivity contribution in [3.05, 3.63) is 36.0 Å². The molecule has 0 atom stereocenters. The molecular formula is C13H17N3O. The quantitative estimate of drug-likeness (QED) is 0.803. The van der Waals surface area contributed by atoms with E-state index in [1.165, 1.54) is 0 Å². The molecule has 4 nitrogen and oxygen atoms in total. The van der Waals surface area contributed by atoms with Crippen LogP contribution in [0.15, 0.2) is 29.1 Å². The summed E-state index contributed by atoms with van der Waals surface area (Å²) in [4.78, 5) is 8.70. The van der Waals surface area contributed by atoms with Gasteiger partial charge >= 0.3 is 0 Å². The fourth-order valence-electron chi connectivity index (χ4n) is 1.61. The Labute approximate surface area is 101 Å². The highest BCUT2D eigenvalue weighted by atomic mass is 16.3. The summed E-state index contributed by atoms with van der Waals surface area (Å²) in [6.45, 7) is 5.89. The van der Waals surface area contributed by atoms with Gasteiger partial charge in [-0.2, -0.15) is 0 Å². The molecule has 0 bridgehead atoms. The number of aromatic nitrogens is 2. The van der Waals surface area contributed by atoms with Crippen molar-refractivity contribution in [3.63, 3.8) is 0 Å². The molecule has 0 radical (unpaired) electrons. The first-order chi connectivity index (χ1) is 8.31. The fourth-order valence-corrected chi connectivity index (χ4v) is 1.61. The highest BCUT2D eigenvalue weighted by Gasteiger charge is 2.06. The average Bonchev–Trinajstić information content (AvgIpc) is 2.77. The Bertz CT molecular complexity index is 462. The zero-order chi connectivity index (χ0) is 12.1. The maximum Gasteiger partial charge on any atom is 0.162 e. The third-order valence-electron chi connectivity index (χ3n) is 2.56. The van der Waals surface area contributed by atoms with E-state index < -0.39 is 0 Å². The Hall–Kier alpha value is -1.68. The van der Waals surface area contributed by atoms with Crippen LogP contribution in [0.4, 0.5) is 0 Å². The standard InChI is InChI=1S/C13H17N3O/c1-3-5-14-7-11-8-15-13(16-9-11)12-4-6-17-10(12)2/h4,6,8-9,14H,3,5,7H2,1-2H3. The van der Waals surface area contributed by atoms with Gasteiger partial charge < -0.3 is 9.73 Å². The van der Waals surface area contributed by atoms with Crippen LogP contribution < -0.4 is 5.32 Å². The topological polar surface area (TPSA) is 51.0 Å². The molecule has 2 heterocycles. The van der Waals surface area contributed by atoms with E-state index >= 15 is 0 Å². The molecular weight excluding hydrogens is 214 g/mol. The molecule has 0 aliphatic rings. The van der Waals surface area contributed by atoms with Gasteiger partial charge in [-0.3, -0.25) is 0 Å². The van der Waals surface area contributed by atoms with Crippen LogP contribution in [0.2, 0.25) is 0 Å². The predicted molar refractivity (Wildman–Crippen MR) is 66.5 cm³/mol. The summed E-state index contributed by atoms with van der Waals surface area (Å²) in [5, 5.41) is 3.32. The van der Waals surface area contributed by atoms with Gasteiger partial charge in [-0.15, -0.1) is 0 Å². The number of aryl methyl sites for hydroxylation is 1. The van der Waals surface area contributed by atoms with Crippen LogP contribution in [-0.4, -0.2) is 16.5 Å². The summed E-state index contributed by atoms with van der Waals surface area (Å²) < 4.78 is 5.24. The van der Waals surface area contributed by atoms with Gasteiger partial charge in [-0.1, -0.05) is 6.92 Å². The third kappa shape index (κ3) is 2.91. The molecule has 0 unspecified atom stereocenters. The second-order valence-corrected chi connectivity index (χ2v) is 3.98. The van der Waals surface area contributed by atoms with Gasteiger partial charge in [0.2, 0.25) is 0 Å². The molecule has 0 saturated heterocycles. The van der Waals surface area contributed by atoms with Crippen molar-refractivity contribution in [2.24, 2.45) is 0 Å². The van der Waals surface area contributed by atoms with Crippen LogP contribution in [0.5, 0.6) is 0 Å². The van der Waals surface area contributed by atoms with Crippen molar-refractivity contribution in [2.75, 3.05) is 6.54 Å². The summed E-state index contributed by atoms with van der Waals surface area (Å²) in [6, 6.07) is 1.89. The van der Waals surface area contributed by atoms with Crippen LogP contribution in [0.25, 0.3) is 11.4 Å². The molecule has 0 saturated carbocycles. The smallest absolute Gasteiger partial charge is 0.162 e. The van der Waals surface area contributed by atoms with Crippen molar-refractivity contribution < 1.29 is 4.42 Å². The number of rotatable bonds is 5. The molecule has 0 aliphatic heterocycles. The van der Waals surface area contributed by atoms with Crippen LogP contribution in [-0.2, 0) is 6.54 Å². The maximum atomic E-state index is 5.24. The molecule has 4 heteroatoms. The molecule has 90 valence electrons. The number of hydrogen-bond donors (Lipinski definition) is 1. The minimum Gasteiger partial charge on any atom is -0.469 e. The van der Waals surface area contributed by atoms with Crippen LogP contribution in [0, 0.1) is 6.92 Å². The van der Waals surface area contributed by atoms with E-state index in [2.05, 4.69) is 22.2 Å². The zero-order valence-corrected chi connectivity index (χ0v) is 10.2. The molecule has 2 aromatic heterocycles. The van der Waals surface area contributed by atoms with Gasteiger partial charge in [0.25, 0.3) is 0 Å². The van der Waals surface area contributed by atoms with Crippen molar-refractivity contribution >= 4 is 0 Å². The predicted octanol–water partition coefficient (Wildman–Crippen LogP) is 2.54. The second-order valence-electron chi connectivity index (χ2n) is 3.98. The molecule has 2 rings (SSSR count). The highest BCUT2D eigenvalue weighted by molar-refractivity contribution is 5.56. The lowest BCUT2D eigenvalue weighted by molar-refractivity contribution is 0.535. The van der Waals surface area contributed by atoms with Crippen molar-refractivity contribution in [2.45, 2.75) is 26.8 Å². The Kier molecular flexibility index (Phi) is 3.88. The lowest BCUT2D eigenvalue weighted by Crippen LogP contribution is -2.14. The van der Waals surface area contributed by atoms with Crippen molar-refractivity contribution in [1.82, 2.24) is 15.3 Å². The normalized spacial score (nSPS) is 10.7. The van der Waals surface area contributed by atoms with E-state index in [1.54, 1.807) is 6.26 Å². The first-order valence-electron chi connectivity index (χ1n) is 5.87. The minimum atomic E-state index is 0.718. The Balaban J connectivity index is 2.06. The van der Waals surface area contributed by atoms with Gasteiger partial charge in [0.1, 0.15) is 5.76 Å². The molecule has 0 amide bonds. The number of hydrogen-bond acceptors (Lipinski definition) is 4. The largest absolute Gasteiger partial charge is 0.469 e.